The zero-order valence-electron chi connectivity index (χ0n) is 12.6. The Labute approximate surface area is 117 Å². The molecule has 0 N–H and O–H groups in total. The third kappa shape index (κ3) is 15.8. The number of unbranched alkanes of at least 4 members (excludes halogenated alkanes) is 11. The van der Waals surface area contributed by atoms with E-state index in [-0.39, 0.29) is 0 Å². The average Bonchev–Trinajstić information content (AvgIpc) is 2.39. The minimum Gasteiger partial charge on any atom is -0.0887 e. The van der Waals surface area contributed by atoms with E-state index >= 15 is 0 Å². The van der Waals surface area contributed by atoms with Crippen molar-refractivity contribution >= 4 is 7.85 Å². The molecule has 1 heteroatoms. The Balaban J connectivity index is 3.00. The van der Waals surface area contributed by atoms with Crippen LogP contribution in [0.15, 0.2) is 12.2 Å². The Bertz CT molecular complexity index is 145. The molecule has 0 bridgehead atoms. The van der Waals surface area contributed by atoms with Crippen LogP contribution in [0.5, 0.6) is 0 Å². The molecule has 0 aromatic heterocycles. The summed E-state index contributed by atoms with van der Waals surface area (Å²) < 4.78 is 0. The zero-order chi connectivity index (χ0) is 13.3. The van der Waals surface area contributed by atoms with Crippen LogP contribution in [0.3, 0.4) is 0 Å². The normalized spacial score (nSPS) is 11.4. The van der Waals surface area contributed by atoms with E-state index in [0.717, 1.165) is 6.32 Å². The van der Waals surface area contributed by atoms with E-state index in [1.165, 1.54) is 83.5 Å². The van der Waals surface area contributed by atoms with Gasteiger partial charge in [0.1, 0.15) is 0 Å². The molecule has 0 fully saturated rings. The minimum atomic E-state index is 0.859. The Hall–Kier alpha value is -0.195. The molecule has 104 valence electrons. The van der Waals surface area contributed by atoms with Crippen LogP contribution in [0.4, 0.5) is 0 Å². The first-order valence-electron chi connectivity index (χ1n) is 8.27. The number of hydrogen-bond acceptors (Lipinski definition) is 0. The summed E-state index contributed by atoms with van der Waals surface area (Å²) >= 11 is 0. The molecule has 0 heterocycles. The van der Waals surface area contributed by atoms with Gasteiger partial charge in [0.2, 0.25) is 0 Å². The van der Waals surface area contributed by atoms with Gasteiger partial charge in [-0.15, -0.1) is 0 Å². The lowest BCUT2D eigenvalue weighted by molar-refractivity contribution is 0.610. The largest absolute Gasteiger partial charge is 0.0887 e. The van der Waals surface area contributed by atoms with E-state index in [0.29, 0.717) is 0 Å². The average molecular weight is 248 g/mol. The van der Waals surface area contributed by atoms with Crippen molar-refractivity contribution in [2.45, 2.75) is 96.7 Å². The first kappa shape index (κ1) is 17.8. The van der Waals surface area contributed by atoms with Gasteiger partial charge in [0.05, 0.1) is 7.85 Å². The fourth-order valence-corrected chi connectivity index (χ4v) is 2.22. The van der Waals surface area contributed by atoms with Crippen LogP contribution in [0.2, 0.25) is 6.32 Å². The summed E-state index contributed by atoms with van der Waals surface area (Å²) in [7, 11) is 5.46. The summed E-state index contributed by atoms with van der Waals surface area (Å²) in [5.41, 5.74) is 0. The van der Waals surface area contributed by atoms with Gasteiger partial charge >= 0.3 is 0 Å². The fraction of sp³-hybridized carbons (Fsp3) is 0.882. The highest BCUT2D eigenvalue weighted by molar-refractivity contribution is 6.08. The first-order valence-corrected chi connectivity index (χ1v) is 8.27. The Morgan fingerprint density at radius 2 is 1.06 bits per heavy atom. The molecule has 0 unspecified atom stereocenters. The van der Waals surface area contributed by atoms with Crippen molar-refractivity contribution in [2.75, 3.05) is 0 Å². The Morgan fingerprint density at radius 3 is 1.56 bits per heavy atom. The molecule has 0 amide bonds. The molecular formula is C17H33B. The van der Waals surface area contributed by atoms with Gasteiger partial charge in [0.15, 0.2) is 0 Å². The topological polar surface area (TPSA) is 0 Å². The standard InChI is InChI=1S/C17H33B/c1-2-3-4-5-6-7-8-9-10-11-12-13-14-15-16-17-18/h9-10H,2-8,11-17H2,1H3/b10-9-. The summed E-state index contributed by atoms with van der Waals surface area (Å²) in [5.74, 6) is 0. The fourth-order valence-electron chi connectivity index (χ4n) is 2.22. The van der Waals surface area contributed by atoms with Crippen molar-refractivity contribution in [1.82, 2.24) is 0 Å². The maximum atomic E-state index is 5.46. The van der Waals surface area contributed by atoms with E-state index in [2.05, 4.69) is 19.1 Å². The number of rotatable bonds is 14. The van der Waals surface area contributed by atoms with Crippen molar-refractivity contribution < 1.29 is 0 Å². The van der Waals surface area contributed by atoms with Gasteiger partial charge < -0.3 is 0 Å². The summed E-state index contributed by atoms with van der Waals surface area (Å²) in [6.45, 7) is 2.28. The molecular weight excluding hydrogens is 215 g/mol. The monoisotopic (exact) mass is 248 g/mol. The molecule has 0 spiro atoms. The van der Waals surface area contributed by atoms with Crippen LogP contribution in [-0.2, 0) is 0 Å². The summed E-state index contributed by atoms with van der Waals surface area (Å²) in [6, 6.07) is 0. The van der Waals surface area contributed by atoms with Crippen LogP contribution in [0.25, 0.3) is 0 Å². The van der Waals surface area contributed by atoms with Crippen LogP contribution in [0.1, 0.15) is 90.4 Å². The van der Waals surface area contributed by atoms with Crippen molar-refractivity contribution in [3.8, 4) is 0 Å². The smallest absolute Gasteiger partial charge is 0.0653 e. The molecule has 0 aliphatic rings. The first-order chi connectivity index (χ1) is 8.91. The highest BCUT2D eigenvalue weighted by Crippen LogP contribution is 2.09. The summed E-state index contributed by atoms with van der Waals surface area (Å²) in [6.07, 6.45) is 23.3. The molecule has 0 aliphatic heterocycles. The van der Waals surface area contributed by atoms with Gasteiger partial charge in [-0.2, -0.15) is 0 Å². The highest BCUT2D eigenvalue weighted by atomic mass is 14.0. The second-order valence-electron chi connectivity index (χ2n) is 5.37. The third-order valence-electron chi connectivity index (χ3n) is 3.47. The summed E-state index contributed by atoms with van der Waals surface area (Å²) in [5, 5.41) is 0. The van der Waals surface area contributed by atoms with Gasteiger partial charge in [-0.05, 0) is 25.7 Å². The molecule has 0 aliphatic carbocycles. The van der Waals surface area contributed by atoms with Gasteiger partial charge in [-0.1, -0.05) is 83.2 Å². The summed E-state index contributed by atoms with van der Waals surface area (Å²) in [4.78, 5) is 0. The van der Waals surface area contributed by atoms with Crippen LogP contribution >= 0.6 is 0 Å². The number of allylic oxidation sites excluding steroid dienone is 2. The van der Waals surface area contributed by atoms with Gasteiger partial charge in [0.25, 0.3) is 0 Å². The van der Waals surface area contributed by atoms with E-state index in [1.807, 2.05) is 0 Å². The van der Waals surface area contributed by atoms with Crippen LogP contribution in [-0.4, -0.2) is 7.85 Å². The van der Waals surface area contributed by atoms with E-state index in [9.17, 15) is 0 Å². The lowest BCUT2D eigenvalue weighted by Crippen LogP contribution is -1.79. The SMILES string of the molecule is [B]CCCCCCC/C=C\CCCCCCCC. The predicted octanol–water partition coefficient (Wildman–Crippen LogP) is 6.22. The van der Waals surface area contributed by atoms with E-state index < -0.39 is 0 Å². The lowest BCUT2D eigenvalue weighted by Gasteiger charge is -1.99. The predicted molar refractivity (Wildman–Crippen MR) is 85.4 cm³/mol. The van der Waals surface area contributed by atoms with Crippen molar-refractivity contribution in [1.29, 1.82) is 0 Å². The van der Waals surface area contributed by atoms with E-state index in [4.69, 9.17) is 7.85 Å². The number of hydrogen-bond donors (Lipinski definition) is 0. The molecule has 18 heavy (non-hydrogen) atoms. The second kappa shape index (κ2) is 16.8. The van der Waals surface area contributed by atoms with Crippen molar-refractivity contribution in [3.63, 3.8) is 0 Å². The molecule has 2 radical (unpaired) electrons. The maximum absolute atomic E-state index is 5.46. The molecule has 0 saturated heterocycles. The maximum Gasteiger partial charge on any atom is 0.0653 e. The molecule has 0 nitrogen and oxygen atoms in total. The third-order valence-corrected chi connectivity index (χ3v) is 3.47. The van der Waals surface area contributed by atoms with Gasteiger partial charge in [-0.3, -0.25) is 0 Å². The van der Waals surface area contributed by atoms with Gasteiger partial charge in [0, 0.05) is 0 Å². The Morgan fingerprint density at radius 1 is 0.611 bits per heavy atom. The van der Waals surface area contributed by atoms with E-state index in [1.54, 1.807) is 0 Å². The molecule has 0 rings (SSSR count). The lowest BCUT2D eigenvalue weighted by atomic mass is 9.98. The zero-order valence-corrected chi connectivity index (χ0v) is 12.6. The second-order valence-corrected chi connectivity index (χ2v) is 5.37. The van der Waals surface area contributed by atoms with Crippen molar-refractivity contribution in [2.24, 2.45) is 0 Å². The van der Waals surface area contributed by atoms with Crippen LogP contribution < -0.4 is 0 Å². The van der Waals surface area contributed by atoms with Gasteiger partial charge in [-0.25, -0.2) is 0 Å². The van der Waals surface area contributed by atoms with Crippen LogP contribution in [0, 0.1) is 0 Å². The van der Waals surface area contributed by atoms with Crippen molar-refractivity contribution in [3.05, 3.63) is 12.2 Å². The Kier molecular flexibility index (Phi) is 16.6. The molecule has 0 aromatic rings. The molecule has 0 atom stereocenters. The quantitative estimate of drug-likeness (QED) is 0.194. The molecule has 0 aromatic carbocycles. The minimum absolute atomic E-state index is 0.859. The highest BCUT2D eigenvalue weighted by Gasteiger charge is 1.89. The molecule has 0 saturated carbocycles.